The van der Waals surface area contributed by atoms with Crippen molar-refractivity contribution in [3.8, 4) is 0 Å². The first-order chi connectivity index (χ1) is 26.4. The van der Waals surface area contributed by atoms with Gasteiger partial charge in [-0.2, -0.15) is 72.8 Å². The van der Waals surface area contributed by atoms with E-state index in [0.29, 0.717) is 12.0 Å². The van der Waals surface area contributed by atoms with Gasteiger partial charge in [0, 0.05) is 60.6 Å². The topological polar surface area (TPSA) is 145 Å². The molecule has 5 nitrogen and oxygen atoms in total. The summed E-state index contributed by atoms with van der Waals surface area (Å²) in [5.41, 5.74) is 4.15. The van der Waals surface area contributed by atoms with E-state index in [9.17, 15) is 0 Å². The van der Waals surface area contributed by atoms with E-state index in [1.54, 1.807) is 0 Å². The standard InChI is InChI=1S/C16H17N.C10H14.2C6H5.C5H12.5C2H6.4H3N.Y/c1-3-12(2)17-15-10-6-4-8-13(15)14-9-5-7-11-16(14)17;1-3-9(2)10-7-5-4-6-8-10;2*1-2-4-6-5-3-1;1-4-5(2)3;5*1-2;;;;;/h4-12H,3H2,1-2H3;4-9H,3H2,1-2H3;2*1-5H;5H,4H2,1-3H3;5*1-2H3;4*1H3;/q;;2*-1;;;;;;;;;;;. The molecular weight excluding hydrogens is 796 g/mol. The van der Waals surface area contributed by atoms with Crippen molar-refractivity contribution in [1.29, 1.82) is 0 Å². The molecule has 6 heteroatoms. The zero-order chi connectivity index (χ0) is 42.0. The van der Waals surface area contributed by atoms with Crippen LogP contribution in [0.25, 0.3) is 21.8 Å². The minimum Gasteiger partial charge on any atom is -0.344 e. The number of aromatic nitrogens is 1. The molecule has 1 aromatic heterocycles. The predicted molar refractivity (Wildman–Crippen MR) is 272 cm³/mol. The molecule has 0 bridgehead atoms. The second-order valence-electron chi connectivity index (χ2n) is 11.3. The van der Waals surface area contributed by atoms with Gasteiger partial charge < -0.3 is 29.2 Å². The van der Waals surface area contributed by atoms with E-state index in [1.165, 1.54) is 40.2 Å². The number of para-hydroxylation sites is 2. The summed E-state index contributed by atoms with van der Waals surface area (Å²) in [5.74, 6) is 1.59. The number of rotatable bonds is 5. The molecule has 0 aliphatic carbocycles. The normalized spacial score (nSPS) is 8.98. The average molecular weight is 891 g/mol. The maximum Gasteiger partial charge on any atom is 0.0493 e. The molecule has 337 valence electrons. The molecule has 0 aliphatic heterocycles. The zero-order valence-electron chi connectivity index (χ0n) is 41.5. The number of benzene rings is 5. The van der Waals surface area contributed by atoms with E-state index >= 15 is 0 Å². The molecule has 0 aliphatic rings. The van der Waals surface area contributed by atoms with E-state index < -0.39 is 0 Å². The van der Waals surface area contributed by atoms with Crippen molar-refractivity contribution in [3.63, 3.8) is 0 Å². The number of hydrogen-bond donors (Lipinski definition) is 4. The van der Waals surface area contributed by atoms with Crippen LogP contribution >= 0.6 is 0 Å². The molecule has 59 heavy (non-hydrogen) atoms. The van der Waals surface area contributed by atoms with Gasteiger partial charge in [-0.15, -0.1) is 0 Å². The fourth-order valence-corrected chi connectivity index (χ4v) is 4.31. The summed E-state index contributed by atoms with van der Waals surface area (Å²) in [5, 5.41) is 2.73. The van der Waals surface area contributed by atoms with Crippen molar-refractivity contribution < 1.29 is 32.7 Å². The van der Waals surface area contributed by atoms with Crippen molar-refractivity contribution in [1.82, 2.24) is 29.2 Å². The quantitative estimate of drug-likeness (QED) is 0.128. The van der Waals surface area contributed by atoms with Crippen molar-refractivity contribution in [2.45, 2.75) is 149 Å². The fourth-order valence-electron chi connectivity index (χ4n) is 4.31. The van der Waals surface area contributed by atoms with Crippen LogP contribution in [0.5, 0.6) is 0 Å². The largest absolute Gasteiger partial charge is 0.344 e. The van der Waals surface area contributed by atoms with Crippen LogP contribution in [0, 0.1) is 18.1 Å². The van der Waals surface area contributed by atoms with Gasteiger partial charge in [0.25, 0.3) is 0 Å². The van der Waals surface area contributed by atoms with Crippen LogP contribution in [0.1, 0.15) is 154 Å². The molecule has 6 rings (SSSR count). The van der Waals surface area contributed by atoms with Crippen molar-refractivity contribution in [2.75, 3.05) is 0 Å². The second kappa shape index (κ2) is 59.2. The Kier molecular flexibility index (Phi) is 76.8. The number of nitrogens with zero attached hydrogens (tertiary/aromatic N) is 1. The van der Waals surface area contributed by atoms with Gasteiger partial charge in [0.05, 0.1) is 0 Å². The average Bonchev–Trinajstić information content (AvgIpc) is 3.63. The van der Waals surface area contributed by atoms with Gasteiger partial charge >= 0.3 is 0 Å². The maximum absolute atomic E-state index is 2.89. The van der Waals surface area contributed by atoms with Crippen LogP contribution in [0.15, 0.2) is 140 Å². The molecule has 2 atom stereocenters. The molecule has 0 saturated heterocycles. The molecular formula is C53H95N5Y-2. The van der Waals surface area contributed by atoms with E-state index in [1.807, 2.05) is 130 Å². The van der Waals surface area contributed by atoms with Crippen LogP contribution in [0.4, 0.5) is 0 Å². The number of fused-ring (bicyclic) bond motifs is 3. The molecule has 1 heterocycles. The van der Waals surface area contributed by atoms with Crippen LogP contribution in [0.2, 0.25) is 0 Å². The van der Waals surface area contributed by atoms with Crippen LogP contribution < -0.4 is 24.6 Å². The molecule has 0 fully saturated rings. The third-order valence-electron chi connectivity index (χ3n) is 7.66. The second-order valence-corrected chi connectivity index (χ2v) is 11.3. The van der Waals surface area contributed by atoms with Crippen LogP contribution in [-0.4, -0.2) is 4.57 Å². The Labute approximate surface area is 393 Å². The summed E-state index contributed by atoms with van der Waals surface area (Å²) in [7, 11) is 0. The van der Waals surface area contributed by atoms with Crippen molar-refractivity contribution >= 4 is 21.8 Å². The van der Waals surface area contributed by atoms with E-state index in [2.05, 4.69) is 144 Å². The molecule has 0 spiro atoms. The molecule has 5 aromatic carbocycles. The van der Waals surface area contributed by atoms with Gasteiger partial charge in [-0.05, 0) is 49.3 Å². The Hall–Kier alpha value is -3.16. The third kappa shape index (κ3) is 36.4. The first kappa shape index (κ1) is 76.5. The van der Waals surface area contributed by atoms with Crippen LogP contribution in [-0.2, 0) is 32.7 Å². The summed E-state index contributed by atoms with van der Waals surface area (Å²) >= 11 is 0. The Bertz CT molecular complexity index is 1390. The Balaban J connectivity index is -0.0000000746. The van der Waals surface area contributed by atoms with Gasteiger partial charge in [0.2, 0.25) is 0 Å². The number of hydrogen-bond acceptors (Lipinski definition) is 4. The SMILES string of the molecule is CC.CC.CC.CC.CC.CCC(C)C.CCC(C)c1ccccc1.CCC(C)n1c2ccccc2c2ccccc21.N.N.N.N.[Y].[c-]1ccccc1.[c-]1ccccc1. The maximum atomic E-state index is 2.89. The fraction of sp³-hybridized carbons (Fsp3) is 0.434. The first-order valence-corrected chi connectivity index (χ1v) is 21.3. The minimum atomic E-state index is 0. The summed E-state index contributed by atoms with van der Waals surface area (Å²) in [6.45, 7) is 35.7. The van der Waals surface area contributed by atoms with E-state index in [0.717, 1.165) is 12.3 Å². The van der Waals surface area contributed by atoms with Crippen molar-refractivity contribution in [3.05, 3.63) is 157 Å². The Morgan fingerprint density at radius 1 is 0.407 bits per heavy atom. The molecule has 2 unspecified atom stereocenters. The van der Waals surface area contributed by atoms with Crippen LogP contribution in [0.3, 0.4) is 0 Å². The van der Waals surface area contributed by atoms with E-state index in [4.69, 9.17) is 0 Å². The first-order valence-electron chi connectivity index (χ1n) is 21.3. The van der Waals surface area contributed by atoms with Gasteiger partial charge in [-0.25, -0.2) is 0 Å². The summed E-state index contributed by atoms with van der Waals surface area (Å²) < 4.78 is 2.46. The molecule has 6 aromatic rings. The molecule has 1 radical (unpaired) electrons. The van der Waals surface area contributed by atoms with Gasteiger partial charge in [-0.1, -0.05) is 184 Å². The van der Waals surface area contributed by atoms with Gasteiger partial charge in [-0.3, -0.25) is 0 Å². The molecule has 12 N–H and O–H groups in total. The van der Waals surface area contributed by atoms with Gasteiger partial charge in [0.15, 0.2) is 0 Å². The summed E-state index contributed by atoms with van der Waals surface area (Å²) in [6.07, 6.45) is 3.69. The smallest absolute Gasteiger partial charge is 0.0493 e. The summed E-state index contributed by atoms with van der Waals surface area (Å²) in [4.78, 5) is 0. The predicted octanol–water partition coefficient (Wildman–Crippen LogP) is 18.8. The van der Waals surface area contributed by atoms with Crippen molar-refractivity contribution in [2.24, 2.45) is 5.92 Å². The monoisotopic (exact) mass is 891 g/mol. The Morgan fingerprint density at radius 3 is 0.932 bits per heavy atom. The zero-order valence-corrected chi connectivity index (χ0v) is 44.3. The van der Waals surface area contributed by atoms with E-state index in [-0.39, 0.29) is 57.3 Å². The minimum absolute atomic E-state index is 0. The molecule has 0 saturated carbocycles. The molecule has 0 amide bonds. The van der Waals surface area contributed by atoms with Gasteiger partial charge in [0.1, 0.15) is 0 Å². The summed E-state index contributed by atoms with van der Waals surface area (Å²) in [6, 6.07) is 53.6. The third-order valence-corrected chi connectivity index (χ3v) is 7.66. The Morgan fingerprint density at radius 2 is 0.695 bits per heavy atom.